The number of carbonyl (C=O) groups excluding carboxylic acids is 1. The molecule has 0 fully saturated rings. The number of amides is 1. The second-order valence-corrected chi connectivity index (χ2v) is 6.63. The Labute approximate surface area is 172 Å². The summed E-state index contributed by atoms with van der Waals surface area (Å²) in [5.74, 6) is -2.25. The minimum atomic E-state index is -0.809. The average Bonchev–Trinajstić information content (AvgIpc) is 2.70. The van der Waals surface area contributed by atoms with Crippen LogP contribution in [0.4, 0.5) is 4.39 Å². The number of phenolic OH excluding ortho intramolecular Hbond substituents is 1. The quantitative estimate of drug-likeness (QED) is 0.433. The van der Waals surface area contributed by atoms with E-state index in [0.29, 0.717) is 10.6 Å². The fourth-order valence-electron chi connectivity index (χ4n) is 2.70. The van der Waals surface area contributed by atoms with Gasteiger partial charge in [0.05, 0.1) is 5.56 Å². The van der Waals surface area contributed by atoms with Gasteiger partial charge in [0.15, 0.2) is 5.57 Å². The molecule has 29 heavy (non-hydrogen) atoms. The number of nitrogens with zero attached hydrogens (tertiary/aromatic N) is 3. The van der Waals surface area contributed by atoms with E-state index in [0.717, 1.165) is 0 Å². The number of hydrogen-bond donors (Lipinski definition) is 2. The summed E-state index contributed by atoms with van der Waals surface area (Å²) >= 11 is 5.88. The molecular formula is C21H17ClFN3O3. The van der Waals surface area contributed by atoms with Crippen molar-refractivity contribution in [3.8, 4) is 17.9 Å². The summed E-state index contributed by atoms with van der Waals surface area (Å²) in [5, 5.41) is 39.2. The number of nitriles is 2. The van der Waals surface area contributed by atoms with E-state index in [1.165, 1.54) is 42.2 Å². The number of phenols is 1. The van der Waals surface area contributed by atoms with Crippen LogP contribution in [0.25, 0.3) is 5.76 Å². The SMILES string of the molecule is CCN(Cc1cc(Cl)ccc1F)C(=O)/C(C#N)=C(\O)c1cc(C)c(O)c(C#N)c1. The van der Waals surface area contributed by atoms with Gasteiger partial charge in [-0.05, 0) is 49.7 Å². The molecule has 0 aliphatic carbocycles. The molecule has 0 aromatic heterocycles. The molecule has 0 bridgehead atoms. The van der Waals surface area contributed by atoms with E-state index in [2.05, 4.69) is 0 Å². The molecule has 0 saturated heterocycles. The smallest absolute Gasteiger partial charge is 0.268 e. The van der Waals surface area contributed by atoms with Crippen molar-refractivity contribution in [2.45, 2.75) is 20.4 Å². The summed E-state index contributed by atoms with van der Waals surface area (Å²) in [6, 6.07) is 9.91. The number of aryl methyl sites for hydroxylation is 1. The normalized spacial score (nSPS) is 11.2. The van der Waals surface area contributed by atoms with Crippen LogP contribution in [-0.2, 0) is 11.3 Å². The Bertz CT molecular complexity index is 1080. The number of aliphatic hydroxyl groups excluding tert-OH is 1. The highest BCUT2D eigenvalue weighted by molar-refractivity contribution is 6.30. The monoisotopic (exact) mass is 413 g/mol. The first-order valence-electron chi connectivity index (χ1n) is 8.54. The molecule has 6 nitrogen and oxygen atoms in total. The second kappa shape index (κ2) is 9.09. The zero-order valence-corrected chi connectivity index (χ0v) is 16.5. The fourth-order valence-corrected chi connectivity index (χ4v) is 2.90. The van der Waals surface area contributed by atoms with Gasteiger partial charge >= 0.3 is 0 Å². The first-order valence-corrected chi connectivity index (χ1v) is 8.91. The molecule has 0 atom stereocenters. The van der Waals surface area contributed by atoms with E-state index in [1.807, 2.05) is 0 Å². The van der Waals surface area contributed by atoms with Crippen LogP contribution in [0.3, 0.4) is 0 Å². The summed E-state index contributed by atoms with van der Waals surface area (Å²) in [5.41, 5.74) is -0.181. The minimum absolute atomic E-state index is 0.0340. The van der Waals surface area contributed by atoms with Gasteiger partial charge in [0, 0.05) is 29.2 Å². The highest BCUT2D eigenvalue weighted by atomic mass is 35.5. The summed E-state index contributed by atoms with van der Waals surface area (Å²) in [6.45, 7) is 3.14. The van der Waals surface area contributed by atoms with Crippen molar-refractivity contribution in [2.75, 3.05) is 6.54 Å². The van der Waals surface area contributed by atoms with Crippen LogP contribution < -0.4 is 0 Å². The van der Waals surface area contributed by atoms with E-state index >= 15 is 0 Å². The summed E-state index contributed by atoms with van der Waals surface area (Å²) in [6.07, 6.45) is 0. The Morgan fingerprint density at radius 2 is 1.97 bits per heavy atom. The molecule has 0 heterocycles. The Hall–Kier alpha value is -3.55. The van der Waals surface area contributed by atoms with Gasteiger partial charge in [0.1, 0.15) is 29.5 Å². The maximum absolute atomic E-state index is 14.0. The lowest BCUT2D eigenvalue weighted by Crippen LogP contribution is -2.32. The van der Waals surface area contributed by atoms with Crippen molar-refractivity contribution in [2.24, 2.45) is 0 Å². The Kier molecular flexibility index (Phi) is 6.82. The number of carbonyl (C=O) groups is 1. The number of aliphatic hydroxyl groups is 1. The van der Waals surface area contributed by atoms with Crippen molar-refractivity contribution in [1.29, 1.82) is 10.5 Å². The molecule has 2 aromatic rings. The van der Waals surface area contributed by atoms with E-state index in [-0.39, 0.29) is 35.5 Å². The first-order chi connectivity index (χ1) is 13.7. The van der Waals surface area contributed by atoms with Crippen LogP contribution in [0.15, 0.2) is 35.9 Å². The predicted octanol–water partition coefficient (Wildman–Crippen LogP) is 4.21. The van der Waals surface area contributed by atoms with Crippen molar-refractivity contribution in [3.63, 3.8) is 0 Å². The maximum Gasteiger partial charge on any atom is 0.268 e. The zero-order chi connectivity index (χ0) is 21.7. The lowest BCUT2D eigenvalue weighted by Gasteiger charge is -2.21. The van der Waals surface area contributed by atoms with E-state index < -0.39 is 23.1 Å². The van der Waals surface area contributed by atoms with Crippen LogP contribution in [0.5, 0.6) is 5.75 Å². The summed E-state index contributed by atoms with van der Waals surface area (Å²) in [7, 11) is 0. The van der Waals surface area contributed by atoms with E-state index in [4.69, 9.17) is 16.9 Å². The molecule has 0 radical (unpaired) electrons. The largest absolute Gasteiger partial charge is 0.506 e. The fraction of sp³-hybridized carbons (Fsp3) is 0.190. The van der Waals surface area contributed by atoms with Crippen molar-refractivity contribution >= 4 is 23.3 Å². The molecule has 8 heteroatoms. The minimum Gasteiger partial charge on any atom is -0.506 e. The van der Waals surface area contributed by atoms with Crippen LogP contribution in [0.2, 0.25) is 5.02 Å². The molecule has 148 valence electrons. The second-order valence-electron chi connectivity index (χ2n) is 6.19. The summed E-state index contributed by atoms with van der Waals surface area (Å²) < 4.78 is 14.0. The third kappa shape index (κ3) is 4.66. The number of likely N-dealkylation sites (N-methyl/N-ethyl adjacent to an activating group) is 1. The molecule has 0 spiro atoms. The topological polar surface area (TPSA) is 108 Å². The molecule has 0 unspecified atom stereocenters. The zero-order valence-electron chi connectivity index (χ0n) is 15.7. The molecule has 0 aliphatic heterocycles. The highest BCUT2D eigenvalue weighted by Crippen LogP contribution is 2.28. The number of hydrogen-bond acceptors (Lipinski definition) is 5. The van der Waals surface area contributed by atoms with Crippen LogP contribution in [0, 0.1) is 35.4 Å². The van der Waals surface area contributed by atoms with Gasteiger partial charge in [-0.3, -0.25) is 4.79 Å². The van der Waals surface area contributed by atoms with E-state index in [9.17, 15) is 24.7 Å². The number of benzene rings is 2. The van der Waals surface area contributed by atoms with Gasteiger partial charge in [-0.25, -0.2) is 4.39 Å². The van der Waals surface area contributed by atoms with E-state index in [1.54, 1.807) is 19.1 Å². The van der Waals surface area contributed by atoms with Gasteiger partial charge in [-0.2, -0.15) is 10.5 Å². The summed E-state index contributed by atoms with van der Waals surface area (Å²) in [4.78, 5) is 14.0. The Balaban J connectivity index is 2.47. The lowest BCUT2D eigenvalue weighted by atomic mass is 10.0. The Morgan fingerprint density at radius 1 is 1.28 bits per heavy atom. The standard InChI is InChI=1S/C21H17ClFN3O3/c1-3-26(11-15-8-16(22)4-5-18(15)23)21(29)17(10-25)20(28)13-6-12(2)19(27)14(7-13)9-24/h4-8,27-28H,3,11H2,1-2H3/b20-17-. The molecule has 2 aromatic carbocycles. The third-order valence-electron chi connectivity index (χ3n) is 4.29. The van der Waals surface area contributed by atoms with Crippen LogP contribution in [0.1, 0.15) is 29.2 Å². The highest BCUT2D eigenvalue weighted by Gasteiger charge is 2.24. The third-order valence-corrected chi connectivity index (χ3v) is 4.53. The van der Waals surface area contributed by atoms with Gasteiger partial charge < -0.3 is 15.1 Å². The predicted molar refractivity (Wildman–Crippen MR) is 105 cm³/mol. The molecular weight excluding hydrogens is 397 g/mol. The maximum atomic E-state index is 14.0. The van der Waals surface area contributed by atoms with Gasteiger partial charge in [0.2, 0.25) is 0 Å². The molecule has 1 amide bonds. The first kappa shape index (κ1) is 21.7. The van der Waals surface area contributed by atoms with Gasteiger partial charge in [-0.15, -0.1) is 0 Å². The number of halogens is 2. The lowest BCUT2D eigenvalue weighted by molar-refractivity contribution is -0.127. The number of rotatable bonds is 5. The van der Waals surface area contributed by atoms with Crippen molar-refractivity contribution in [3.05, 3.63) is 69.0 Å². The molecule has 0 saturated carbocycles. The van der Waals surface area contributed by atoms with Crippen molar-refractivity contribution < 1.29 is 19.4 Å². The molecule has 2 N–H and O–H groups in total. The molecule has 2 rings (SSSR count). The van der Waals surface area contributed by atoms with Gasteiger partial charge in [0.25, 0.3) is 5.91 Å². The van der Waals surface area contributed by atoms with Crippen molar-refractivity contribution in [1.82, 2.24) is 4.90 Å². The number of aromatic hydroxyl groups is 1. The Morgan fingerprint density at radius 3 is 2.55 bits per heavy atom. The average molecular weight is 414 g/mol. The molecule has 0 aliphatic rings. The van der Waals surface area contributed by atoms with Gasteiger partial charge in [-0.1, -0.05) is 11.6 Å². The van der Waals surface area contributed by atoms with Crippen LogP contribution in [-0.4, -0.2) is 27.6 Å². The van der Waals surface area contributed by atoms with Crippen LogP contribution >= 0.6 is 11.6 Å².